The van der Waals surface area contributed by atoms with Crippen LogP contribution in [0.15, 0.2) is 59.4 Å². The lowest BCUT2D eigenvalue weighted by Crippen LogP contribution is -2.37. The fraction of sp³-hybridized carbons (Fsp3) is 0.469. The number of amides is 1. The number of aromatic nitrogens is 2. The topological polar surface area (TPSA) is 80.5 Å². The van der Waals surface area contributed by atoms with Gasteiger partial charge in [0.1, 0.15) is 17.5 Å². The van der Waals surface area contributed by atoms with Gasteiger partial charge in [0.15, 0.2) is 0 Å². The van der Waals surface area contributed by atoms with E-state index in [1.165, 1.54) is 11.6 Å². The number of benzene rings is 2. The summed E-state index contributed by atoms with van der Waals surface area (Å²) in [5.41, 5.74) is 1.31. The predicted octanol–water partition coefficient (Wildman–Crippen LogP) is 8.02. The first-order valence-corrected chi connectivity index (χ1v) is 14.4. The summed E-state index contributed by atoms with van der Waals surface area (Å²) in [4.78, 5) is 18.5. The number of ether oxygens (including phenoxy) is 1. The number of aryl methyl sites for hydroxylation is 3. The van der Waals surface area contributed by atoms with Crippen LogP contribution in [-0.4, -0.2) is 33.3 Å². The number of hydrogen-bond donors (Lipinski definition) is 1. The van der Waals surface area contributed by atoms with E-state index in [4.69, 9.17) is 9.26 Å². The predicted molar refractivity (Wildman–Crippen MR) is 154 cm³/mol. The molecule has 10 heteroatoms. The number of carbonyl (C=O) groups is 1. The van der Waals surface area contributed by atoms with Crippen molar-refractivity contribution >= 4 is 6.09 Å². The van der Waals surface area contributed by atoms with Gasteiger partial charge in [0.2, 0.25) is 11.7 Å². The standard InChI is InChI=1S/C32H39F3N4O3/c1-6-7-9-22-11-13-23(14-12-22)15-16-24-17-18-25(20-26(24)32(33,34)35)28-37-29(42-38-28)27-10-8-19-39(27)21(2)36-30(40)41-31(3,4)5/h11-14,17-18,20,27H,2,6-10,15-16,19H2,1,3-5H3,(H,36,40)/t27-/m0/s1. The third kappa shape index (κ3) is 8.14. The molecule has 1 N–H and O–H groups in total. The molecule has 226 valence electrons. The molecule has 1 aliphatic rings. The number of likely N-dealkylation sites (tertiary alicyclic amines) is 1. The van der Waals surface area contributed by atoms with Crippen molar-refractivity contribution in [2.75, 3.05) is 6.54 Å². The second-order valence-corrected chi connectivity index (χ2v) is 11.7. The van der Waals surface area contributed by atoms with Crippen molar-refractivity contribution in [2.24, 2.45) is 0 Å². The molecule has 3 aromatic rings. The highest BCUT2D eigenvalue weighted by atomic mass is 19.4. The smallest absolute Gasteiger partial charge is 0.416 e. The number of nitrogens with one attached hydrogen (secondary N) is 1. The molecular weight excluding hydrogens is 545 g/mol. The Labute approximate surface area is 245 Å². The van der Waals surface area contributed by atoms with Crippen molar-refractivity contribution in [3.63, 3.8) is 0 Å². The van der Waals surface area contributed by atoms with Crippen LogP contribution in [0.5, 0.6) is 0 Å². The maximum Gasteiger partial charge on any atom is 0.416 e. The molecule has 1 amide bonds. The van der Waals surface area contributed by atoms with Gasteiger partial charge in [-0.1, -0.05) is 61.5 Å². The highest BCUT2D eigenvalue weighted by Crippen LogP contribution is 2.37. The van der Waals surface area contributed by atoms with Crippen molar-refractivity contribution < 1.29 is 27.2 Å². The van der Waals surface area contributed by atoms with Crippen LogP contribution in [0.3, 0.4) is 0 Å². The van der Waals surface area contributed by atoms with Crippen molar-refractivity contribution in [3.05, 3.63) is 83.0 Å². The maximum absolute atomic E-state index is 14.1. The summed E-state index contributed by atoms with van der Waals surface area (Å²) in [6.07, 6.45) is 0.266. The molecular formula is C32H39F3N4O3. The van der Waals surface area contributed by atoms with Gasteiger partial charge >= 0.3 is 12.3 Å². The number of unbranched alkanes of at least 4 members (excludes halogenated alkanes) is 1. The first-order chi connectivity index (χ1) is 19.8. The molecule has 0 aliphatic carbocycles. The Morgan fingerprint density at radius 2 is 1.79 bits per heavy atom. The van der Waals surface area contributed by atoms with Gasteiger partial charge in [-0.3, -0.25) is 5.32 Å². The Morgan fingerprint density at radius 1 is 1.10 bits per heavy atom. The minimum absolute atomic E-state index is 0.0716. The second kappa shape index (κ2) is 13.0. The van der Waals surface area contributed by atoms with Crippen molar-refractivity contribution in [3.8, 4) is 11.4 Å². The highest BCUT2D eigenvalue weighted by Gasteiger charge is 2.35. The lowest BCUT2D eigenvalue weighted by Gasteiger charge is -2.27. The molecule has 0 radical (unpaired) electrons. The molecule has 2 heterocycles. The fourth-order valence-corrected chi connectivity index (χ4v) is 5.06. The number of nitrogens with zero attached hydrogens (tertiary/aromatic N) is 3. The summed E-state index contributed by atoms with van der Waals surface area (Å²) < 4.78 is 53.1. The summed E-state index contributed by atoms with van der Waals surface area (Å²) in [5.74, 6) is 0.641. The van der Waals surface area contributed by atoms with E-state index in [1.54, 1.807) is 26.8 Å². The largest absolute Gasteiger partial charge is 0.444 e. The van der Waals surface area contributed by atoms with E-state index in [0.29, 0.717) is 25.2 Å². The fourth-order valence-electron chi connectivity index (χ4n) is 5.06. The first kappa shape index (κ1) is 31.1. The van der Waals surface area contributed by atoms with Gasteiger partial charge in [0.25, 0.3) is 0 Å². The van der Waals surface area contributed by atoms with Crippen LogP contribution < -0.4 is 5.32 Å². The van der Waals surface area contributed by atoms with Gasteiger partial charge in [0, 0.05) is 12.1 Å². The van der Waals surface area contributed by atoms with Crippen LogP contribution in [0.4, 0.5) is 18.0 Å². The van der Waals surface area contributed by atoms with E-state index in [1.807, 2.05) is 17.0 Å². The van der Waals surface area contributed by atoms with Crippen LogP contribution >= 0.6 is 0 Å². The minimum atomic E-state index is -4.53. The molecule has 42 heavy (non-hydrogen) atoms. The van der Waals surface area contributed by atoms with Gasteiger partial charge in [-0.15, -0.1) is 0 Å². The van der Waals surface area contributed by atoms with Crippen LogP contribution in [0.25, 0.3) is 11.4 Å². The Hall–Kier alpha value is -3.82. The molecule has 0 saturated carbocycles. The van der Waals surface area contributed by atoms with E-state index in [0.717, 1.165) is 37.3 Å². The summed E-state index contributed by atoms with van der Waals surface area (Å²) in [6, 6.07) is 11.9. The van der Waals surface area contributed by atoms with E-state index in [-0.39, 0.29) is 35.3 Å². The SMILES string of the molecule is C=C(NC(=O)OC(C)(C)C)N1CCC[C@H]1c1nc(-c2ccc(CCc3ccc(CCCC)cc3)c(C(F)(F)F)c2)no1. The van der Waals surface area contributed by atoms with Gasteiger partial charge in [0.05, 0.1) is 5.56 Å². The van der Waals surface area contributed by atoms with Crippen LogP contribution in [0.1, 0.15) is 87.6 Å². The Morgan fingerprint density at radius 3 is 2.43 bits per heavy atom. The maximum atomic E-state index is 14.1. The van der Waals surface area contributed by atoms with Gasteiger partial charge in [-0.25, -0.2) is 4.79 Å². The quantitative estimate of drug-likeness (QED) is 0.260. The van der Waals surface area contributed by atoms with E-state index < -0.39 is 23.4 Å². The lowest BCUT2D eigenvalue weighted by molar-refractivity contribution is -0.138. The number of alkyl halides is 3. The normalized spacial score (nSPS) is 15.6. The average Bonchev–Trinajstić information content (AvgIpc) is 3.60. The third-order valence-electron chi connectivity index (χ3n) is 7.17. The summed E-state index contributed by atoms with van der Waals surface area (Å²) >= 11 is 0. The van der Waals surface area contributed by atoms with Crippen molar-refractivity contribution in [1.82, 2.24) is 20.4 Å². The molecule has 1 aliphatic heterocycles. The Kier molecular flexibility index (Phi) is 9.64. The average molecular weight is 585 g/mol. The van der Waals surface area contributed by atoms with E-state index in [9.17, 15) is 18.0 Å². The molecule has 1 atom stereocenters. The zero-order chi connectivity index (χ0) is 30.5. The second-order valence-electron chi connectivity index (χ2n) is 11.7. The molecule has 4 rings (SSSR count). The monoisotopic (exact) mass is 584 g/mol. The van der Waals surface area contributed by atoms with Gasteiger partial charge < -0.3 is 14.2 Å². The lowest BCUT2D eigenvalue weighted by atomic mass is 9.96. The summed E-state index contributed by atoms with van der Waals surface area (Å²) in [6.45, 7) is 12.0. The van der Waals surface area contributed by atoms with Crippen LogP contribution in [0, 0.1) is 0 Å². The third-order valence-corrected chi connectivity index (χ3v) is 7.17. The van der Waals surface area contributed by atoms with Crippen molar-refractivity contribution in [1.29, 1.82) is 0 Å². The number of rotatable bonds is 10. The molecule has 1 aromatic heterocycles. The van der Waals surface area contributed by atoms with E-state index in [2.05, 4.69) is 41.1 Å². The van der Waals surface area contributed by atoms with Crippen LogP contribution in [0.2, 0.25) is 0 Å². The number of carbonyl (C=O) groups excluding carboxylic acids is 1. The van der Waals surface area contributed by atoms with Crippen molar-refractivity contribution in [2.45, 2.75) is 90.5 Å². The number of hydrogen-bond acceptors (Lipinski definition) is 6. The molecule has 0 unspecified atom stereocenters. The molecule has 0 spiro atoms. The van der Waals surface area contributed by atoms with Crippen LogP contribution in [-0.2, 0) is 30.2 Å². The zero-order valence-corrected chi connectivity index (χ0v) is 24.7. The molecule has 1 saturated heterocycles. The van der Waals surface area contributed by atoms with Gasteiger partial charge in [-0.2, -0.15) is 18.2 Å². The number of halogens is 3. The molecule has 7 nitrogen and oxygen atoms in total. The highest BCUT2D eigenvalue weighted by molar-refractivity contribution is 5.69. The zero-order valence-electron chi connectivity index (χ0n) is 24.7. The van der Waals surface area contributed by atoms with Gasteiger partial charge in [-0.05, 0) is 82.1 Å². The Bertz CT molecular complexity index is 1380. The molecule has 0 bridgehead atoms. The first-order valence-electron chi connectivity index (χ1n) is 14.4. The number of alkyl carbamates (subject to hydrolysis) is 1. The van der Waals surface area contributed by atoms with E-state index >= 15 is 0 Å². The Balaban J connectivity index is 1.47. The molecule has 2 aromatic carbocycles. The summed E-state index contributed by atoms with van der Waals surface area (Å²) in [7, 11) is 0. The summed E-state index contributed by atoms with van der Waals surface area (Å²) in [5, 5.41) is 6.62. The minimum Gasteiger partial charge on any atom is -0.444 e. The molecule has 1 fully saturated rings.